The molecule has 1 aliphatic rings. The van der Waals surface area contributed by atoms with Gasteiger partial charge in [0.25, 0.3) is 0 Å². The normalized spacial score (nSPS) is 17.8. The van der Waals surface area contributed by atoms with Crippen LogP contribution in [-0.2, 0) is 11.2 Å². The molecule has 0 atom stereocenters. The molecule has 1 heterocycles. The zero-order valence-electron chi connectivity index (χ0n) is 9.41. The molecule has 0 radical (unpaired) electrons. The number of halogens is 2. The first kappa shape index (κ1) is 12.7. The molecule has 1 aromatic carbocycles. The average Bonchev–Trinajstić information content (AvgIpc) is 2.20. The van der Waals surface area contributed by atoms with Gasteiger partial charge in [0.1, 0.15) is 0 Å². The molecule has 0 saturated carbocycles. The Morgan fingerprint density at radius 2 is 2.06 bits per heavy atom. The van der Waals surface area contributed by atoms with Gasteiger partial charge in [0.05, 0.1) is 35.2 Å². The number of hydrogen-bond donors (Lipinski definition) is 1. The summed E-state index contributed by atoms with van der Waals surface area (Å²) in [7, 11) is 0. The van der Waals surface area contributed by atoms with Gasteiger partial charge in [0.2, 0.25) is 5.91 Å². The lowest BCUT2D eigenvalue weighted by Gasteiger charge is -2.44. The van der Waals surface area contributed by atoms with Gasteiger partial charge in [-0.1, -0.05) is 29.3 Å². The van der Waals surface area contributed by atoms with Crippen LogP contribution < -0.4 is 0 Å². The molecule has 1 amide bonds. The van der Waals surface area contributed by atoms with Crippen molar-refractivity contribution in [1.29, 1.82) is 0 Å². The van der Waals surface area contributed by atoms with E-state index in [0.717, 1.165) is 5.56 Å². The number of likely N-dealkylation sites (tertiary alicyclic amines) is 1. The Morgan fingerprint density at radius 3 is 2.59 bits per heavy atom. The van der Waals surface area contributed by atoms with Gasteiger partial charge in [-0.25, -0.2) is 0 Å². The Morgan fingerprint density at radius 1 is 1.41 bits per heavy atom. The van der Waals surface area contributed by atoms with Crippen LogP contribution in [0, 0.1) is 0 Å². The minimum Gasteiger partial charge on any atom is -0.386 e. The summed E-state index contributed by atoms with van der Waals surface area (Å²) in [6, 6.07) is 5.16. The van der Waals surface area contributed by atoms with Crippen molar-refractivity contribution >= 4 is 29.1 Å². The predicted octanol–water partition coefficient (Wildman–Crippen LogP) is 2.13. The molecule has 1 fully saturated rings. The van der Waals surface area contributed by atoms with Crippen LogP contribution in [-0.4, -0.2) is 34.6 Å². The molecule has 1 aliphatic heterocycles. The molecule has 1 N–H and O–H groups in total. The molecule has 0 aliphatic carbocycles. The van der Waals surface area contributed by atoms with Crippen molar-refractivity contribution < 1.29 is 9.90 Å². The molecule has 0 aromatic heterocycles. The topological polar surface area (TPSA) is 40.5 Å². The van der Waals surface area contributed by atoms with Crippen molar-refractivity contribution in [3.05, 3.63) is 33.8 Å². The van der Waals surface area contributed by atoms with Crippen molar-refractivity contribution in [3.63, 3.8) is 0 Å². The van der Waals surface area contributed by atoms with E-state index < -0.39 is 5.60 Å². The lowest BCUT2D eigenvalue weighted by Crippen LogP contribution is -2.62. The van der Waals surface area contributed by atoms with E-state index in [1.807, 2.05) is 0 Å². The predicted molar refractivity (Wildman–Crippen MR) is 67.4 cm³/mol. The summed E-state index contributed by atoms with van der Waals surface area (Å²) in [5, 5.41) is 10.5. The zero-order chi connectivity index (χ0) is 12.6. The second kappa shape index (κ2) is 4.48. The van der Waals surface area contributed by atoms with Crippen LogP contribution in [0.2, 0.25) is 10.0 Å². The van der Waals surface area contributed by atoms with E-state index in [9.17, 15) is 9.90 Å². The summed E-state index contributed by atoms with van der Waals surface area (Å²) in [5.41, 5.74) is 0.101. The number of nitrogens with zero attached hydrogens (tertiary/aromatic N) is 1. The van der Waals surface area contributed by atoms with Gasteiger partial charge in [-0.15, -0.1) is 0 Å². The lowest BCUT2D eigenvalue weighted by molar-refractivity contribution is -0.151. The Bertz CT molecular complexity index is 452. The van der Waals surface area contributed by atoms with Crippen LogP contribution in [0.4, 0.5) is 0 Å². The second-order valence-electron chi connectivity index (χ2n) is 4.67. The Labute approximate surface area is 110 Å². The summed E-state index contributed by atoms with van der Waals surface area (Å²) in [6.45, 7) is 2.51. The van der Waals surface area contributed by atoms with E-state index in [2.05, 4.69) is 0 Å². The highest BCUT2D eigenvalue weighted by atomic mass is 35.5. The van der Waals surface area contributed by atoms with Crippen molar-refractivity contribution in [2.45, 2.75) is 18.9 Å². The van der Waals surface area contributed by atoms with Crippen molar-refractivity contribution in [1.82, 2.24) is 4.90 Å². The van der Waals surface area contributed by atoms with Crippen LogP contribution in [0.5, 0.6) is 0 Å². The maximum atomic E-state index is 11.8. The highest BCUT2D eigenvalue weighted by Gasteiger charge is 2.38. The number of amides is 1. The number of hydrogen-bond acceptors (Lipinski definition) is 2. The highest BCUT2D eigenvalue weighted by Crippen LogP contribution is 2.24. The molecule has 92 valence electrons. The first-order valence-electron chi connectivity index (χ1n) is 5.31. The molecular weight excluding hydrogens is 261 g/mol. The third kappa shape index (κ3) is 2.92. The van der Waals surface area contributed by atoms with Gasteiger partial charge in [-0.3, -0.25) is 4.79 Å². The fraction of sp³-hybridized carbons (Fsp3) is 0.417. The van der Waals surface area contributed by atoms with Gasteiger partial charge in [0, 0.05) is 0 Å². The van der Waals surface area contributed by atoms with Crippen LogP contribution in [0.15, 0.2) is 18.2 Å². The number of carbonyl (C=O) groups excluding carboxylic acids is 1. The molecule has 3 nitrogen and oxygen atoms in total. The van der Waals surface area contributed by atoms with Crippen LogP contribution in [0.1, 0.15) is 12.5 Å². The molecule has 0 bridgehead atoms. The fourth-order valence-electron chi connectivity index (χ4n) is 1.89. The molecule has 1 aromatic rings. The Balaban J connectivity index is 1.97. The Kier molecular flexibility index (Phi) is 3.34. The molecule has 2 rings (SSSR count). The molecule has 5 heteroatoms. The van der Waals surface area contributed by atoms with Crippen LogP contribution in [0.3, 0.4) is 0 Å². The number of benzene rings is 1. The summed E-state index contributed by atoms with van der Waals surface area (Å²) in [6.07, 6.45) is 0.285. The SMILES string of the molecule is CC1(O)CN(C(=O)Cc2ccc(Cl)c(Cl)c2)C1. The smallest absolute Gasteiger partial charge is 0.227 e. The maximum absolute atomic E-state index is 11.8. The van der Waals surface area contributed by atoms with Gasteiger partial charge >= 0.3 is 0 Å². The first-order valence-corrected chi connectivity index (χ1v) is 6.07. The summed E-state index contributed by atoms with van der Waals surface area (Å²) in [5.74, 6) is -0.00471. The van der Waals surface area contributed by atoms with Gasteiger partial charge in [0.15, 0.2) is 0 Å². The van der Waals surface area contributed by atoms with Gasteiger partial charge in [-0.2, -0.15) is 0 Å². The number of rotatable bonds is 2. The third-order valence-corrected chi connectivity index (χ3v) is 3.49. The number of carbonyl (C=O) groups is 1. The lowest BCUT2D eigenvalue weighted by atomic mass is 9.96. The largest absolute Gasteiger partial charge is 0.386 e. The zero-order valence-corrected chi connectivity index (χ0v) is 10.9. The summed E-state index contributed by atoms with van der Waals surface area (Å²) >= 11 is 11.7. The Hall–Kier alpha value is -0.770. The number of aliphatic hydroxyl groups is 1. The quantitative estimate of drug-likeness (QED) is 0.897. The van der Waals surface area contributed by atoms with E-state index in [0.29, 0.717) is 23.1 Å². The van der Waals surface area contributed by atoms with E-state index in [4.69, 9.17) is 23.2 Å². The average molecular weight is 274 g/mol. The van der Waals surface area contributed by atoms with Gasteiger partial charge < -0.3 is 10.0 Å². The van der Waals surface area contributed by atoms with Crippen molar-refractivity contribution in [3.8, 4) is 0 Å². The minimum atomic E-state index is -0.729. The molecular formula is C12H13Cl2NO2. The van der Waals surface area contributed by atoms with Crippen LogP contribution >= 0.6 is 23.2 Å². The van der Waals surface area contributed by atoms with E-state index in [1.54, 1.807) is 30.0 Å². The monoisotopic (exact) mass is 273 g/mol. The van der Waals surface area contributed by atoms with Crippen LogP contribution in [0.25, 0.3) is 0 Å². The molecule has 0 spiro atoms. The van der Waals surface area contributed by atoms with E-state index >= 15 is 0 Å². The standard InChI is InChI=1S/C12H13Cl2NO2/c1-12(17)6-15(7-12)11(16)5-8-2-3-9(13)10(14)4-8/h2-4,17H,5-7H2,1H3. The fourth-order valence-corrected chi connectivity index (χ4v) is 2.21. The van der Waals surface area contributed by atoms with E-state index in [1.165, 1.54) is 0 Å². The van der Waals surface area contributed by atoms with Crippen molar-refractivity contribution in [2.24, 2.45) is 0 Å². The van der Waals surface area contributed by atoms with Gasteiger partial charge in [-0.05, 0) is 24.6 Å². The molecule has 17 heavy (non-hydrogen) atoms. The minimum absolute atomic E-state index is 0.00471. The number of β-amino-alcohol motifs (C(OH)–C–C–N with tert-alkyl or cyclic N) is 1. The molecule has 1 saturated heterocycles. The van der Waals surface area contributed by atoms with Crippen molar-refractivity contribution in [2.75, 3.05) is 13.1 Å². The highest BCUT2D eigenvalue weighted by molar-refractivity contribution is 6.42. The second-order valence-corrected chi connectivity index (χ2v) is 5.49. The maximum Gasteiger partial charge on any atom is 0.227 e. The summed E-state index contributed by atoms with van der Waals surface area (Å²) < 4.78 is 0. The van der Waals surface area contributed by atoms with E-state index in [-0.39, 0.29) is 12.3 Å². The first-order chi connectivity index (χ1) is 7.87. The third-order valence-electron chi connectivity index (χ3n) is 2.76. The molecule has 0 unspecified atom stereocenters. The summed E-state index contributed by atoms with van der Waals surface area (Å²) in [4.78, 5) is 13.4.